The van der Waals surface area contributed by atoms with E-state index < -0.39 is 17.5 Å². The molecular weight excluding hydrogens is 248 g/mol. The van der Waals surface area contributed by atoms with Crippen LogP contribution in [0.15, 0.2) is 42.5 Å². The molecule has 2 rings (SSSR count). The van der Waals surface area contributed by atoms with E-state index in [1.165, 1.54) is 12.1 Å². The van der Waals surface area contributed by atoms with Gasteiger partial charge in [-0.25, -0.2) is 8.78 Å². The number of benzene rings is 2. The standard InChI is InChI=1S/C15H13F2NO/c1-10-4-2-5-11(8-10)9-18-15(19)12-6-3-7-13(16)14(12)17/h2-8H,9H2,1H3,(H,18,19). The molecule has 0 aliphatic rings. The van der Waals surface area contributed by atoms with Crippen LogP contribution in [0.3, 0.4) is 0 Å². The van der Waals surface area contributed by atoms with Crippen molar-refractivity contribution in [1.29, 1.82) is 0 Å². The van der Waals surface area contributed by atoms with Crippen molar-refractivity contribution in [2.75, 3.05) is 0 Å². The summed E-state index contributed by atoms with van der Waals surface area (Å²) in [6, 6.07) is 11.1. The quantitative estimate of drug-likeness (QED) is 0.903. The fraction of sp³-hybridized carbons (Fsp3) is 0.133. The number of amides is 1. The van der Waals surface area contributed by atoms with Crippen LogP contribution in [0.1, 0.15) is 21.5 Å². The molecule has 2 aromatic carbocycles. The van der Waals surface area contributed by atoms with E-state index in [-0.39, 0.29) is 12.1 Å². The van der Waals surface area contributed by atoms with Gasteiger partial charge in [0.2, 0.25) is 0 Å². The molecular formula is C15H13F2NO. The van der Waals surface area contributed by atoms with Gasteiger partial charge in [-0.15, -0.1) is 0 Å². The van der Waals surface area contributed by atoms with Crippen LogP contribution in [-0.2, 0) is 6.54 Å². The van der Waals surface area contributed by atoms with E-state index in [9.17, 15) is 13.6 Å². The first kappa shape index (κ1) is 13.2. The second-order valence-corrected chi connectivity index (χ2v) is 4.27. The smallest absolute Gasteiger partial charge is 0.254 e. The van der Waals surface area contributed by atoms with Gasteiger partial charge in [-0.2, -0.15) is 0 Å². The lowest BCUT2D eigenvalue weighted by molar-refractivity contribution is 0.0946. The number of rotatable bonds is 3. The van der Waals surface area contributed by atoms with Gasteiger partial charge in [0.25, 0.3) is 5.91 Å². The van der Waals surface area contributed by atoms with E-state index in [1.807, 2.05) is 31.2 Å². The zero-order valence-corrected chi connectivity index (χ0v) is 10.4. The molecule has 0 spiro atoms. The van der Waals surface area contributed by atoms with E-state index >= 15 is 0 Å². The van der Waals surface area contributed by atoms with Gasteiger partial charge in [-0.05, 0) is 24.6 Å². The van der Waals surface area contributed by atoms with Crippen molar-refractivity contribution in [1.82, 2.24) is 5.32 Å². The summed E-state index contributed by atoms with van der Waals surface area (Å²) in [6.45, 7) is 2.22. The Kier molecular flexibility index (Phi) is 3.90. The zero-order chi connectivity index (χ0) is 13.8. The number of hydrogen-bond donors (Lipinski definition) is 1. The topological polar surface area (TPSA) is 29.1 Å². The Morgan fingerprint density at radius 2 is 1.89 bits per heavy atom. The van der Waals surface area contributed by atoms with Gasteiger partial charge in [-0.1, -0.05) is 35.9 Å². The van der Waals surface area contributed by atoms with Gasteiger partial charge < -0.3 is 5.32 Å². The van der Waals surface area contributed by atoms with Crippen molar-refractivity contribution in [2.45, 2.75) is 13.5 Å². The Hall–Kier alpha value is -2.23. The minimum Gasteiger partial charge on any atom is -0.348 e. The Morgan fingerprint density at radius 1 is 1.16 bits per heavy atom. The summed E-state index contributed by atoms with van der Waals surface area (Å²) in [5.41, 5.74) is 1.70. The van der Waals surface area contributed by atoms with Crippen LogP contribution in [0.25, 0.3) is 0 Å². The third kappa shape index (κ3) is 3.16. The second kappa shape index (κ2) is 5.61. The molecule has 98 valence electrons. The maximum absolute atomic E-state index is 13.4. The monoisotopic (exact) mass is 261 g/mol. The summed E-state index contributed by atoms with van der Waals surface area (Å²) >= 11 is 0. The van der Waals surface area contributed by atoms with Crippen LogP contribution in [-0.4, -0.2) is 5.91 Å². The van der Waals surface area contributed by atoms with Gasteiger partial charge in [0, 0.05) is 6.54 Å². The fourth-order valence-electron chi connectivity index (χ4n) is 1.78. The number of halogens is 2. The molecule has 2 aromatic rings. The van der Waals surface area contributed by atoms with Crippen molar-refractivity contribution in [3.8, 4) is 0 Å². The highest BCUT2D eigenvalue weighted by Crippen LogP contribution is 2.11. The Balaban J connectivity index is 2.08. The predicted molar refractivity (Wildman–Crippen MR) is 68.7 cm³/mol. The zero-order valence-electron chi connectivity index (χ0n) is 10.4. The molecule has 0 bridgehead atoms. The van der Waals surface area contributed by atoms with Crippen molar-refractivity contribution in [3.63, 3.8) is 0 Å². The second-order valence-electron chi connectivity index (χ2n) is 4.27. The lowest BCUT2D eigenvalue weighted by atomic mass is 10.1. The highest BCUT2D eigenvalue weighted by atomic mass is 19.2. The van der Waals surface area contributed by atoms with Crippen LogP contribution in [0.5, 0.6) is 0 Å². The largest absolute Gasteiger partial charge is 0.348 e. The van der Waals surface area contributed by atoms with Crippen molar-refractivity contribution >= 4 is 5.91 Å². The third-order valence-electron chi connectivity index (χ3n) is 2.73. The molecule has 0 radical (unpaired) electrons. The van der Waals surface area contributed by atoms with Crippen LogP contribution in [0.2, 0.25) is 0 Å². The fourth-order valence-corrected chi connectivity index (χ4v) is 1.78. The molecule has 0 saturated carbocycles. The molecule has 4 heteroatoms. The van der Waals surface area contributed by atoms with Crippen LogP contribution in [0.4, 0.5) is 8.78 Å². The van der Waals surface area contributed by atoms with Gasteiger partial charge in [0.05, 0.1) is 5.56 Å². The highest BCUT2D eigenvalue weighted by Gasteiger charge is 2.14. The minimum atomic E-state index is -1.12. The summed E-state index contributed by atoms with van der Waals surface area (Å²) in [7, 11) is 0. The average Bonchev–Trinajstić information content (AvgIpc) is 2.39. The molecule has 0 atom stereocenters. The Morgan fingerprint density at radius 3 is 2.63 bits per heavy atom. The van der Waals surface area contributed by atoms with Gasteiger partial charge in [0.1, 0.15) is 0 Å². The molecule has 0 unspecified atom stereocenters. The molecule has 2 nitrogen and oxygen atoms in total. The third-order valence-corrected chi connectivity index (χ3v) is 2.73. The number of aryl methyl sites for hydroxylation is 1. The molecule has 0 aliphatic carbocycles. The van der Waals surface area contributed by atoms with E-state index in [0.29, 0.717) is 0 Å². The Bertz CT molecular complexity index is 611. The number of carbonyl (C=O) groups excluding carboxylic acids is 1. The summed E-state index contributed by atoms with van der Waals surface area (Å²) < 4.78 is 26.4. The minimum absolute atomic E-state index is 0.274. The molecule has 0 aliphatic heterocycles. The van der Waals surface area contributed by atoms with E-state index in [0.717, 1.165) is 17.2 Å². The number of hydrogen-bond acceptors (Lipinski definition) is 1. The lowest BCUT2D eigenvalue weighted by Crippen LogP contribution is -2.24. The molecule has 0 saturated heterocycles. The van der Waals surface area contributed by atoms with Crippen molar-refractivity contribution < 1.29 is 13.6 Å². The normalized spacial score (nSPS) is 10.3. The molecule has 19 heavy (non-hydrogen) atoms. The first-order valence-electron chi connectivity index (χ1n) is 5.85. The average molecular weight is 261 g/mol. The van der Waals surface area contributed by atoms with Crippen molar-refractivity contribution in [3.05, 3.63) is 70.8 Å². The van der Waals surface area contributed by atoms with Crippen molar-refractivity contribution in [2.24, 2.45) is 0 Å². The maximum Gasteiger partial charge on any atom is 0.254 e. The van der Waals surface area contributed by atoms with E-state index in [2.05, 4.69) is 5.32 Å². The van der Waals surface area contributed by atoms with Crippen LogP contribution in [0, 0.1) is 18.6 Å². The summed E-state index contributed by atoms with van der Waals surface area (Å²) in [5, 5.41) is 2.56. The predicted octanol–water partition coefficient (Wildman–Crippen LogP) is 3.20. The number of carbonyl (C=O) groups is 1. The molecule has 1 N–H and O–H groups in total. The van der Waals surface area contributed by atoms with E-state index in [4.69, 9.17) is 0 Å². The first-order valence-corrected chi connectivity index (χ1v) is 5.85. The molecule has 1 amide bonds. The summed E-state index contributed by atoms with van der Waals surface area (Å²) in [4.78, 5) is 11.8. The maximum atomic E-state index is 13.4. The first-order chi connectivity index (χ1) is 9.08. The van der Waals surface area contributed by atoms with Gasteiger partial charge in [0.15, 0.2) is 11.6 Å². The van der Waals surface area contributed by atoms with Crippen LogP contribution < -0.4 is 5.32 Å². The SMILES string of the molecule is Cc1cccc(CNC(=O)c2cccc(F)c2F)c1. The molecule has 0 fully saturated rings. The number of nitrogens with one attached hydrogen (secondary N) is 1. The molecule has 0 heterocycles. The Labute approximate surface area is 110 Å². The summed E-state index contributed by atoms with van der Waals surface area (Å²) in [6.07, 6.45) is 0. The van der Waals surface area contributed by atoms with Crippen LogP contribution >= 0.6 is 0 Å². The van der Waals surface area contributed by atoms with E-state index in [1.54, 1.807) is 0 Å². The van der Waals surface area contributed by atoms with Gasteiger partial charge >= 0.3 is 0 Å². The molecule has 0 aromatic heterocycles. The van der Waals surface area contributed by atoms with Gasteiger partial charge in [-0.3, -0.25) is 4.79 Å². The lowest BCUT2D eigenvalue weighted by Gasteiger charge is -2.07. The highest BCUT2D eigenvalue weighted by molar-refractivity contribution is 5.94. The summed E-state index contributed by atoms with van der Waals surface area (Å²) in [5.74, 6) is -2.77.